The summed E-state index contributed by atoms with van der Waals surface area (Å²) in [5.74, 6) is -0.849. The minimum Gasteiger partial charge on any atom is -0.396 e. The van der Waals surface area contributed by atoms with E-state index in [1.807, 2.05) is 16.8 Å². The third kappa shape index (κ3) is 2.18. The summed E-state index contributed by atoms with van der Waals surface area (Å²) in [6.07, 6.45) is 0.451. The number of amides is 1. The number of carbonyl (C=O) groups excluding carboxylic acids is 1. The van der Waals surface area contributed by atoms with E-state index >= 15 is 0 Å². The Morgan fingerprint density at radius 1 is 1.53 bits per heavy atom. The van der Waals surface area contributed by atoms with E-state index in [1.165, 1.54) is 0 Å². The quantitative estimate of drug-likeness (QED) is 0.716. The van der Waals surface area contributed by atoms with E-state index < -0.39 is 11.5 Å². The van der Waals surface area contributed by atoms with Gasteiger partial charge in [0.1, 0.15) is 5.56 Å². The van der Waals surface area contributed by atoms with Gasteiger partial charge in [-0.1, -0.05) is 0 Å². The molecule has 17 heavy (non-hydrogen) atoms. The number of thiophene rings is 1. The van der Waals surface area contributed by atoms with E-state index in [4.69, 9.17) is 11.5 Å². The van der Waals surface area contributed by atoms with Gasteiger partial charge in [0.05, 0.1) is 11.4 Å². The lowest BCUT2D eigenvalue weighted by Crippen LogP contribution is -2.27. The number of hydrogen-bond donors (Lipinski definition) is 3. The molecule has 0 radical (unpaired) electrons. The lowest BCUT2D eigenvalue weighted by molar-refractivity contribution is 0.0999. The number of H-pyrrole nitrogens is 1. The van der Waals surface area contributed by atoms with Gasteiger partial charge in [-0.25, -0.2) is 5.10 Å². The molecule has 0 bridgehead atoms. The molecule has 2 heterocycles. The van der Waals surface area contributed by atoms with Gasteiger partial charge in [-0.15, -0.1) is 0 Å². The van der Waals surface area contributed by atoms with Crippen LogP contribution in [-0.2, 0) is 6.42 Å². The van der Waals surface area contributed by atoms with Crippen molar-refractivity contribution in [2.24, 2.45) is 5.73 Å². The number of rotatable bonds is 3. The number of nitrogens with two attached hydrogens (primary N) is 2. The van der Waals surface area contributed by atoms with Gasteiger partial charge in [0.15, 0.2) is 0 Å². The molecule has 7 heteroatoms. The summed E-state index contributed by atoms with van der Waals surface area (Å²) in [6.45, 7) is 0. The van der Waals surface area contributed by atoms with Gasteiger partial charge in [-0.3, -0.25) is 9.59 Å². The van der Waals surface area contributed by atoms with Crippen LogP contribution in [0.2, 0.25) is 0 Å². The zero-order valence-corrected chi connectivity index (χ0v) is 9.58. The van der Waals surface area contributed by atoms with Crippen molar-refractivity contribution in [2.45, 2.75) is 6.42 Å². The van der Waals surface area contributed by atoms with Crippen molar-refractivity contribution in [1.29, 1.82) is 0 Å². The van der Waals surface area contributed by atoms with E-state index in [-0.39, 0.29) is 11.3 Å². The number of carbonyl (C=O) groups is 1. The summed E-state index contributed by atoms with van der Waals surface area (Å²) in [4.78, 5) is 22.4. The minimum atomic E-state index is -0.849. The number of nitrogens with zero attached hydrogens (tertiary/aromatic N) is 1. The third-order valence-electron chi connectivity index (χ3n) is 2.30. The number of aromatic nitrogens is 2. The van der Waals surface area contributed by atoms with Gasteiger partial charge < -0.3 is 11.5 Å². The van der Waals surface area contributed by atoms with Crippen LogP contribution in [-0.4, -0.2) is 16.1 Å². The first-order valence-electron chi connectivity index (χ1n) is 4.77. The van der Waals surface area contributed by atoms with Gasteiger partial charge in [-0.05, 0) is 22.4 Å². The lowest BCUT2D eigenvalue weighted by Gasteiger charge is -2.05. The van der Waals surface area contributed by atoms with E-state index in [2.05, 4.69) is 10.2 Å². The molecule has 5 N–H and O–H groups in total. The smallest absolute Gasteiger partial charge is 0.279 e. The molecule has 0 atom stereocenters. The van der Waals surface area contributed by atoms with Crippen molar-refractivity contribution >= 4 is 22.9 Å². The Hall–Kier alpha value is -2.15. The maximum atomic E-state index is 11.3. The van der Waals surface area contributed by atoms with Crippen LogP contribution >= 0.6 is 11.3 Å². The van der Waals surface area contributed by atoms with Crippen LogP contribution in [0.3, 0.4) is 0 Å². The van der Waals surface area contributed by atoms with E-state index in [9.17, 15) is 9.59 Å². The van der Waals surface area contributed by atoms with E-state index in [0.29, 0.717) is 12.1 Å². The molecule has 2 rings (SSSR count). The number of primary amides is 1. The summed E-state index contributed by atoms with van der Waals surface area (Å²) in [6, 6.07) is 1.92. The van der Waals surface area contributed by atoms with Gasteiger partial charge in [0.25, 0.3) is 11.5 Å². The van der Waals surface area contributed by atoms with Gasteiger partial charge in [0, 0.05) is 6.42 Å². The molecule has 0 spiro atoms. The van der Waals surface area contributed by atoms with Crippen LogP contribution < -0.4 is 17.0 Å². The first-order valence-corrected chi connectivity index (χ1v) is 5.71. The molecule has 0 saturated carbocycles. The predicted molar refractivity (Wildman–Crippen MR) is 64.9 cm³/mol. The molecule has 6 nitrogen and oxygen atoms in total. The van der Waals surface area contributed by atoms with Crippen molar-refractivity contribution in [3.63, 3.8) is 0 Å². The van der Waals surface area contributed by atoms with Gasteiger partial charge >= 0.3 is 0 Å². The second kappa shape index (κ2) is 4.38. The van der Waals surface area contributed by atoms with Crippen LogP contribution in [0.5, 0.6) is 0 Å². The van der Waals surface area contributed by atoms with Crippen LogP contribution in [0.4, 0.5) is 5.69 Å². The summed E-state index contributed by atoms with van der Waals surface area (Å²) >= 11 is 1.55. The molecule has 0 aromatic carbocycles. The Bertz CT molecular complexity index is 603. The van der Waals surface area contributed by atoms with Crippen molar-refractivity contribution in [2.75, 3.05) is 5.73 Å². The molecule has 0 aliphatic rings. The van der Waals surface area contributed by atoms with Crippen molar-refractivity contribution in [1.82, 2.24) is 10.2 Å². The number of anilines is 1. The molecular formula is C10H10N4O2S. The molecule has 0 unspecified atom stereocenters. The zero-order chi connectivity index (χ0) is 12.4. The number of hydrogen-bond acceptors (Lipinski definition) is 5. The molecule has 1 amide bonds. The van der Waals surface area contributed by atoms with Gasteiger partial charge in [0.2, 0.25) is 0 Å². The van der Waals surface area contributed by atoms with Crippen molar-refractivity contribution in [3.8, 4) is 0 Å². The Morgan fingerprint density at radius 2 is 2.29 bits per heavy atom. The van der Waals surface area contributed by atoms with Crippen molar-refractivity contribution in [3.05, 3.63) is 44.0 Å². The number of aromatic amines is 1. The van der Waals surface area contributed by atoms with Crippen molar-refractivity contribution < 1.29 is 4.79 Å². The zero-order valence-electron chi connectivity index (χ0n) is 8.77. The Balaban J connectivity index is 2.46. The summed E-state index contributed by atoms with van der Waals surface area (Å²) in [5, 5.41) is 9.91. The fourth-order valence-corrected chi connectivity index (χ4v) is 2.14. The standard InChI is InChI=1S/C10H10N4O2S/c11-8-6(3-5-1-2-17-4-5)13-14-10(16)7(8)9(12)15/h1-2,4H,3H2,(H2,12,15)(H3,11,14,16). The van der Waals surface area contributed by atoms with Gasteiger partial charge in [-0.2, -0.15) is 16.4 Å². The summed E-state index contributed by atoms with van der Waals surface area (Å²) < 4.78 is 0. The van der Waals surface area contributed by atoms with Crippen LogP contribution in [0.25, 0.3) is 0 Å². The molecule has 2 aromatic heterocycles. The molecule has 88 valence electrons. The molecule has 2 aromatic rings. The fraction of sp³-hybridized carbons (Fsp3) is 0.100. The fourth-order valence-electron chi connectivity index (χ4n) is 1.47. The maximum Gasteiger partial charge on any atom is 0.279 e. The lowest BCUT2D eigenvalue weighted by atomic mass is 10.1. The SMILES string of the molecule is NC(=O)c1c(N)c(Cc2ccsc2)n[nH]c1=O. The van der Waals surface area contributed by atoms with Crippen LogP contribution in [0, 0.1) is 0 Å². The Kier molecular flexibility index (Phi) is 2.92. The second-order valence-electron chi connectivity index (χ2n) is 3.46. The highest BCUT2D eigenvalue weighted by Crippen LogP contribution is 2.16. The predicted octanol–water partition coefficient (Wildman–Crippen LogP) is 0.103. The average molecular weight is 250 g/mol. The monoisotopic (exact) mass is 250 g/mol. The maximum absolute atomic E-state index is 11.3. The summed E-state index contributed by atoms with van der Waals surface area (Å²) in [7, 11) is 0. The van der Waals surface area contributed by atoms with E-state index in [1.54, 1.807) is 11.3 Å². The molecule has 0 aliphatic heterocycles. The average Bonchev–Trinajstić information content (AvgIpc) is 2.74. The highest BCUT2D eigenvalue weighted by atomic mass is 32.1. The molecule has 0 aliphatic carbocycles. The second-order valence-corrected chi connectivity index (χ2v) is 4.24. The first kappa shape index (κ1) is 11.3. The highest BCUT2D eigenvalue weighted by Gasteiger charge is 2.16. The third-order valence-corrected chi connectivity index (χ3v) is 3.03. The number of nitrogen functional groups attached to an aromatic ring is 1. The molecule has 0 saturated heterocycles. The van der Waals surface area contributed by atoms with Crippen LogP contribution in [0.15, 0.2) is 21.6 Å². The topological polar surface area (TPSA) is 115 Å². The molecule has 0 fully saturated rings. The minimum absolute atomic E-state index is 0.0486. The normalized spacial score (nSPS) is 10.4. The highest BCUT2D eigenvalue weighted by molar-refractivity contribution is 7.07. The Labute approximate surface area is 100 Å². The van der Waals surface area contributed by atoms with Crippen LogP contribution in [0.1, 0.15) is 21.6 Å². The summed E-state index contributed by atoms with van der Waals surface area (Å²) in [5.41, 5.74) is 11.4. The number of nitrogens with one attached hydrogen (secondary N) is 1. The Morgan fingerprint density at radius 3 is 2.88 bits per heavy atom. The first-order chi connectivity index (χ1) is 8.09. The molecular weight excluding hydrogens is 240 g/mol. The largest absolute Gasteiger partial charge is 0.396 e. The van der Waals surface area contributed by atoms with E-state index in [0.717, 1.165) is 5.56 Å².